The van der Waals surface area contributed by atoms with Crippen molar-refractivity contribution in [1.82, 2.24) is 19.4 Å². The number of rotatable bonds is 4. The van der Waals surface area contributed by atoms with Gasteiger partial charge < -0.3 is 9.47 Å². The lowest BCUT2D eigenvalue weighted by atomic mass is 9.87. The van der Waals surface area contributed by atoms with Gasteiger partial charge in [0.05, 0.1) is 0 Å². The summed E-state index contributed by atoms with van der Waals surface area (Å²) in [6.45, 7) is -3.39. The predicted octanol–water partition coefficient (Wildman–Crippen LogP) is 5.26. The number of carbonyl (C=O) groups is 1. The Kier molecular flexibility index (Phi) is 4.54. The quantitative estimate of drug-likeness (QED) is 0.480. The highest BCUT2D eigenvalue weighted by atomic mass is 79.9. The fraction of sp³-hybridized carbons (Fsp3) is 0.417. The summed E-state index contributed by atoms with van der Waals surface area (Å²) in [7, 11) is 1.95. The summed E-state index contributed by atoms with van der Waals surface area (Å²) in [5, 5.41) is 1.00. The molecule has 0 bridgehead atoms. The molecule has 5 nitrogen and oxygen atoms in total. The highest BCUT2D eigenvalue weighted by molar-refractivity contribution is 9.10. The fourth-order valence-electron chi connectivity index (χ4n) is 4.60. The topological polar surface area (TPSA) is 41.4 Å². The van der Waals surface area contributed by atoms with Gasteiger partial charge in [0.15, 0.2) is 0 Å². The first-order valence-electron chi connectivity index (χ1n) is 13.3. The number of aryl methyl sites for hydroxylation is 1. The Bertz CT molecular complexity index is 1330. The van der Waals surface area contributed by atoms with Crippen molar-refractivity contribution in [3.63, 3.8) is 0 Å². The number of fused-ring (bicyclic) bond motifs is 1. The van der Waals surface area contributed by atoms with Crippen molar-refractivity contribution < 1.29 is 21.8 Å². The van der Waals surface area contributed by atoms with Gasteiger partial charge in [-0.3, -0.25) is 9.69 Å². The maximum atomic E-state index is 15.1. The van der Waals surface area contributed by atoms with Gasteiger partial charge in [0.25, 0.3) is 5.91 Å². The highest BCUT2D eigenvalue weighted by Crippen LogP contribution is 2.36. The monoisotopic (exact) mass is 510 g/mol. The van der Waals surface area contributed by atoms with Gasteiger partial charge in [-0.05, 0) is 79.0 Å². The maximum absolute atomic E-state index is 15.1. The maximum Gasteiger partial charge on any atom is 0.253 e. The molecule has 1 aliphatic rings. The van der Waals surface area contributed by atoms with Crippen LogP contribution in [0, 0.1) is 11.6 Å². The first kappa shape index (κ1) is 16.3. The Hall–Kier alpha value is -2.32. The van der Waals surface area contributed by atoms with Crippen LogP contribution >= 0.6 is 15.9 Å². The van der Waals surface area contributed by atoms with E-state index >= 15 is 8.78 Å². The smallest absolute Gasteiger partial charge is 0.253 e. The summed E-state index contributed by atoms with van der Waals surface area (Å²) in [6.07, 6.45) is 2.67. The van der Waals surface area contributed by atoms with Crippen LogP contribution in [0.1, 0.15) is 61.6 Å². The molecule has 2 aromatic heterocycles. The summed E-state index contributed by atoms with van der Waals surface area (Å²) >= 11 is 3.56. The number of halogens is 3. The average molecular weight is 511 g/mol. The van der Waals surface area contributed by atoms with Gasteiger partial charge in [0, 0.05) is 68.1 Å². The molecule has 0 N–H and O–H groups in total. The van der Waals surface area contributed by atoms with Crippen molar-refractivity contribution in [1.29, 1.82) is 0 Å². The first-order chi connectivity index (χ1) is 17.6. The van der Waals surface area contributed by atoms with Crippen LogP contribution in [0.4, 0.5) is 8.78 Å². The SMILES string of the molecule is [2H]C([2H])([2H])N(C(=O)c1cc(F)c(C2CCN(C(C)c3cc4c(Br)ccnc4n3C)CC2)c(F)c1)C([2H])([2H])[2H]. The number of amides is 1. The molecule has 1 aliphatic heterocycles. The van der Waals surface area contributed by atoms with Crippen LogP contribution in [-0.2, 0) is 7.05 Å². The van der Waals surface area contributed by atoms with Gasteiger partial charge >= 0.3 is 0 Å². The Balaban J connectivity index is 1.52. The number of carbonyl (C=O) groups excluding carboxylic acids is 1. The molecular weight excluding hydrogens is 478 g/mol. The van der Waals surface area contributed by atoms with Crippen LogP contribution in [0.25, 0.3) is 11.0 Å². The van der Waals surface area contributed by atoms with Crippen LogP contribution in [0.5, 0.6) is 0 Å². The minimum absolute atomic E-state index is 0.0301. The third kappa shape index (κ3) is 4.06. The second kappa shape index (κ2) is 8.90. The molecule has 32 heavy (non-hydrogen) atoms. The lowest BCUT2D eigenvalue weighted by Crippen LogP contribution is -2.36. The summed E-state index contributed by atoms with van der Waals surface area (Å²) in [6, 6.07) is 5.44. The van der Waals surface area contributed by atoms with E-state index in [1.54, 1.807) is 6.20 Å². The van der Waals surface area contributed by atoms with Crippen LogP contribution in [0.15, 0.2) is 34.9 Å². The number of likely N-dealkylation sites (tertiary alicyclic amines) is 1. The van der Waals surface area contributed by atoms with Gasteiger partial charge in [0.2, 0.25) is 0 Å². The summed E-state index contributed by atoms with van der Waals surface area (Å²) in [5.41, 5.74) is 1.06. The molecule has 1 atom stereocenters. The third-order valence-electron chi connectivity index (χ3n) is 6.36. The molecule has 0 radical (unpaired) electrons. The number of pyridine rings is 1. The molecule has 4 rings (SSSR count). The van der Waals surface area contributed by atoms with E-state index in [9.17, 15) is 4.79 Å². The van der Waals surface area contributed by atoms with Gasteiger partial charge in [-0.2, -0.15) is 0 Å². The van der Waals surface area contributed by atoms with Crippen LogP contribution in [0.2, 0.25) is 0 Å². The van der Waals surface area contributed by atoms with Crippen molar-refractivity contribution in [2.24, 2.45) is 7.05 Å². The molecule has 8 heteroatoms. The molecular formula is C24H27BrF2N4O. The average Bonchev–Trinajstić information content (AvgIpc) is 3.14. The zero-order valence-corrected chi connectivity index (χ0v) is 19.3. The molecule has 1 fully saturated rings. The zero-order chi connectivity index (χ0) is 28.2. The van der Waals surface area contributed by atoms with Gasteiger partial charge in [-0.15, -0.1) is 0 Å². The summed E-state index contributed by atoms with van der Waals surface area (Å²) in [5.74, 6) is -3.94. The minimum atomic E-state index is -3.31. The number of hydrogen-bond acceptors (Lipinski definition) is 3. The Labute approximate surface area is 203 Å². The molecule has 0 spiro atoms. The normalized spacial score (nSPS) is 20.0. The summed E-state index contributed by atoms with van der Waals surface area (Å²) < 4.78 is 77.5. The third-order valence-corrected chi connectivity index (χ3v) is 7.05. The van der Waals surface area contributed by atoms with E-state index in [1.807, 2.05) is 17.7 Å². The lowest BCUT2D eigenvalue weighted by Gasteiger charge is -2.36. The second-order valence-corrected chi connectivity index (χ2v) is 8.99. The number of benzene rings is 1. The van der Waals surface area contributed by atoms with Crippen molar-refractivity contribution >= 4 is 32.9 Å². The molecule has 170 valence electrons. The minimum Gasteiger partial charge on any atom is -0.345 e. The van der Waals surface area contributed by atoms with Crippen molar-refractivity contribution in [2.45, 2.75) is 31.7 Å². The van der Waals surface area contributed by atoms with Gasteiger partial charge in [-0.1, -0.05) is 0 Å². The number of nitrogens with zero attached hydrogens (tertiary/aromatic N) is 4. The standard InChI is InChI=1S/C24H27BrF2N4O/c1-14(21-13-17-18(25)5-8-28-23(17)30(21)4)31-9-6-15(7-10-31)22-19(26)11-16(12-20(22)27)24(32)29(2)3/h5,8,11-15H,6-7,9-10H2,1-4H3/i2D3,3D3. The van der Waals surface area contributed by atoms with E-state index < -0.39 is 43.0 Å². The lowest BCUT2D eigenvalue weighted by molar-refractivity contribution is 0.0826. The molecule has 1 saturated heterocycles. The summed E-state index contributed by atoms with van der Waals surface area (Å²) in [4.78, 5) is 19.0. The van der Waals surface area contributed by atoms with E-state index in [4.69, 9.17) is 8.22 Å². The van der Waals surface area contributed by atoms with Crippen molar-refractivity contribution in [3.05, 3.63) is 63.4 Å². The zero-order valence-electron chi connectivity index (χ0n) is 23.7. The largest absolute Gasteiger partial charge is 0.345 e. The number of hydrogen-bond donors (Lipinski definition) is 0. The molecule has 0 aliphatic carbocycles. The molecule has 3 aromatic rings. The molecule has 1 unspecified atom stereocenters. The van der Waals surface area contributed by atoms with Gasteiger partial charge in [0.1, 0.15) is 17.3 Å². The van der Waals surface area contributed by atoms with Crippen molar-refractivity contribution in [2.75, 3.05) is 27.0 Å². The first-order valence-corrected chi connectivity index (χ1v) is 11.1. The van der Waals surface area contributed by atoms with Crippen molar-refractivity contribution in [3.8, 4) is 0 Å². The fourth-order valence-corrected chi connectivity index (χ4v) is 5.01. The van der Waals surface area contributed by atoms with E-state index in [1.165, 1.54) is 0 Å². The Morgan fingerprint density at radius 2 is 1.91 bits per heavy atom. The van der Waals surface area contributed by atoms with Crippen LogP contribution in [-0.4, -0.2) is 52.3 Å². The van der Waals surface area contributed by atoms with E-state index in [-0.39, 0.29) is 16.5 Å². The van der Waals surface area contributed by atoms with Gasteiger partial charge in [-0.25, -0.2) is 13.8 Å². The Morgan fingerprint density at radius 3 is 2.50 bits per heavy atom. The predicted molar refractivity (Wildman–Crippen MR) is 125 cm³/mol. The van der Waals surface area contributed by atoms with Crippen LogP contribution < -0.4 is 0 Å². The molecule has 3 heterocycles. The second-order valence-electron chi connectivity index (χ2n) is 8.14. The number of piperidine rings is 1. The van der Waals surface area contributed by atoms with E-state index in [2.05, 4.69) is 38.8 Å². The highest BCUT2D eigenvalue weighted by Gasteiger charge is 2.30. The van der Waals surface area contributed by atoms with E-state index in [0.29, 0.717) is 25.9 Å². The molecule has 0 saturated carbocycles. The number of aromatic nitrogens is 2. The Morgan fingerprint density at radius 1 is 1.25 bits per heavy atom. The van der Waals surface area contributed by atoms with Crippen LogP contribution in [0.3, 0.4) is 0 Å². The van der Waals surface area contributed by atoms with E-state index in [0.717, 1.165) is 33.3 Å². The molecule has 1 amide bonds. The molecule has 1 aromatic carbocycles.